The predicted octanol–water partition coefficient (Wildman–Crippen LogP) is 2.84. The van der Waals surface area contributed by atoms with Gasteiger partial charge in [-0.05, 0) is 37.5 Å². The molecule has 18 heavy (non-hydrogen) atoms. The first-order valence-corrected chi connectivity index (χ1v) is 7.37. The predicted molar refractivity (Wildman–Crippen MR) is 78.3 cm³/mol. The van der Waals surface area contributed by atoms with Gasteiger partial charge in [0.2, 0.25) is 0 Å². The Kier molecular flexibility index (Phi) is 4.90. The Morgan fingerprint density at radius 3 is 2.89 bits per heavy atom. The van der Waals surface area contributed by atoms with Gasteiger partial charge in [0.1, 0.15) is 17.0 Å². The highest BCUT2D eigenvalue weighted by Crippen LogP contribution is 2.23. The van der Waals surface area contributed by atoms with E-state index in [0.717, 1.165) is 48.6 Å². The highest BCUT2D eigenvalue weighted by Gasteiger charge is 2.04. The molecule has 0 radical (unpaired) electrons. The number of hydrogen-bond donors (Lipinski definition) is 1. The standard InChI is InChI=1S/C13H20N4S/c1-3-17(4-2)8-5-7-14-12-11-6-9-18-13(11)16-10-15-12/h6,9-10H,3-5,7-8H2,1-2H3,(H,14,15,16). The summed E-state index contributed by atoms with van der Waals surface area (Å²) in [6, 6.07) is 2.08. The molecule has 0 fully saturated rings. The van der Waals surface area contributed by atoms with Gasteiger partial charge in [0.05, 0.1) is 5.39 Å². The number of nitrogens with one attached hydrogen (secondary N) is 1. The van der Waals surface area contributed by atoms with E-state index in [1.807, 2.05) is 0 Å². The first kappa shape index (κ1) is 13.2. The van der Waals surface area contributed by atoms with Gasteiger partial charge in [-0.2, -0.15) is 0 Å². The van der Waals surface area contributed by atoms with Crippen LogP contribution in [0.25, 0.3) is 10.2 Å². The Bertz CT molecular complexity index is 479. The topological polar surface area (TPSA) is 41.0 Å². The number of thiophene rings is 1. The van der Waals surface area contributed by atoms with Gasteiger partial charge in [0.25, 0.3) is 0 Å². The zero-order chi connectivity index (χ0) is 12.8. The minimum atomic E-state index is 0.957. The zero-order valence-corrected chi connectivity index (χ0v) is 11.8. The third kappa shape index (κ3) is 3.17. The second kappa shape index (κ2) is 6.66. The molecular weight excluding hydrogens is 244 g/mol. The molecule has 2 heterocycles. The van der Waals surface area contributed by atoms with Gasteiger partial charge in [-0.15, -0.1) is 11.3 Å². The maximum absolute atomic E-state index is 4.31. The fourth-order valence-electron chi connectivity index (χ4n) is 1.98. The minimum absolute atomic E-state index is 0.957. The molecule has 98 valence electrons. The molecule has 0 aromatic carbocycles. The summed E-state index contributed by atoms with van der Waals surface area (Å²) < 4.78 is 0. The smallest absolute Gasteiger partial charge is 0.138 e. The first-order valence-electron chi connectivity index (χ1n) is 6.49. The maximum Gasteiger partial charge on any atom is 0.138 e. The van der Waals surface area contributed by atoms with Crippen molar-refractivity contribution in [2.75, 3.05) is 31.5 Å². The summed E-state index contributed by atoms with van der Waals surface area (Å²) in [6.45, 7) is 8.75. The van der Waals surface area contributed by atoms with Gasteiger partial charge >= 0.3 is 0 Å². The van der Waals surface area contributed by atoms with Crippen molar-refractivity contribution < 1.29 is 0 Å². The van der Waals surface area contributed by atoms with Crippen LogP contribution in [0.1, 0.15) is 20.3 Å². The van der Waals surface area contributed by atoms with Crippen LogP contribution < -0.4 is 5.32 Å². The Balaban J connectivity index is 1.85. The maximum atomic E-state index is 4.31. The van der Waals surface area contributed by atoms with E-state index in [9.17, 15) is 0 Å². The van der Waals surface area contributed by atoms with Crippen molar-refractivity contribution in [1.82, 2.24) is 14.9 Å². The Morgan fingerprint density at radius 2 is 2.11 bits per heavy atom. The lowest BCUT2D eigenvalue weighted by Crippen LogP contribution is -2.25. The van der Waals surface area contributed by atoms with Crippen LogP contribution in [0.4, 0.5) is 5.82 Å². The fourth-order valence-corrected chi connectivity index (χ4v) is 2.71. The van der Waals surface area contributed by atoms with E-state index in [1.165, 1.54) is 0 Å². The molecule has 0 saturated carbocycles. The van der Waals surface area contributed by atoms with Crippen molar-refractivity contribution >= 4 is 27.4 Å². The van der Waals surface area contributed by atoms with E-state index < -0.39 is 0 Å². The average Bonchev–Trinajstić information content (AvgIpc) is 2.88. The summed E-state index contributed by atoms with van der Waals surface area (Å²) >= 11 is 1.65. The van der Waals surface area contributed by atoms with E-state index in [1.54, 1.807) is 17.7 Å². The molecule has 0 unspecified atom stereocenters. The Labute approximate surface area is 112 Å². The van der Waals surface area contributed by atoms with Crippen molar-refractivity contribution in [2.24, 2.45) is 0 Å². The summed E-state index contributed by atoms with van der Waals surface area (Å²) in [4.78, 5) is 12.0. The van der Waals surface area contributed by atoms with Gasteiger partial charge in [-0.25, -0.2) is 9.97 Å². The quantitative estimate of drug-likeness (QED) is 0.781. The molecule has 0 atom stereocenters. The molecule has 0 aliphatic heterocycles. The van der Waals surface area contributed by atoms with Gasteiger partial charge in [-0.1, -0.05) is 13.8 Å². The Hall–Kier alpha value is -1.20. The molecule has 5 heteroatoms. The fraction of sp³-hybridized carbons (Fsp3) is 0.538. The van der Waals surface area contributed by atoms with Gasteiger partial charge in [0, 0.05) is 6.54 Å². The van der Waals surface area contributed by atoms with Crippen molar-refractivity contribution in [1.29, 1.82) is 0 Å². The van der Waals surface area contributed by atoms with Crippen LogP contribution in [0.3, 0.4) is 0 Å². The van der Waals surface area contributed by atoms with E-state index in [4.69, 9.17) is 0 Å². The molecule has 1 N–H and O–H groups in total. The highest BCUT2D eigenvalue weighted by molar-refractivity contribution is 7.16. The minimum Gasteiger partial charge on any atom is -0.369 e. The van der Waals surface area contributed by atoms with Crippen LogP contribution in [-0.2, 0) is 0 Å². The number of aromatic nitrogens is 2. The second-order valence-corrected chi connectivity index (χ2v) is 5.06. The summed E-state index contributed by atoms with van der Waals surface area (Å²) in [5, 5.41) is 6.59. The molecule has 0 aliphatic rings. The molecule has 2 rings (SSSR count). The number of hydrogen-bond acceptors (Lipinski definition) is 5. The van der Waals surface area contributed by atoms with E-state index in [0.29, 0.717) is 0 Å². The van der Waals surface area contributed by atoms with Crippen LogP contribution >= 0.6 is 11.3 Å². The molecule has 0 aliphatic carbocycles. The van der Waals surface area contributed by atoms with Crippen LogP contribution in [0.2, 0.25) is 0 Å². The number of nitrogens with zero attached hydrogens (tertiary/aromatic N) is 3. The molecular formula is C13H20N4S. The number of rotatable bonds is 7. The molecule has 0 saturated heterocycles. The second-order valence-electron chi connectivity index (χ2n) is 4.17. The lowest BCUT2D eigenvalue weighted by atomic mass is 10.3. The molecule has 0 bridgehead atoms. The lowest BCUT2D eigenvalue weighted by Gasteiger charge is -2.17. The summed E-state index contributed by atoms with van der Waals surface area (Å²) in [6.07, 6.45) is 2.77. The summed E-state index contributed by atoms with van der Waals surface area (Å²) in [5.41, 5.74) is 0. The first-order chi connectivity index (χ1) is 8.85. The van der Waals surface area contributed by atoms with Crippen molar-refractivity contribution in [2.45, 2.75) is 20.3 Å². The van der Waals surface area contributed by atoms with Gasteiger partial charge in [0.15, 0.2) is 0 Å². The van der Waals surface area contributed by atoms with Crippen LogP contribution in [0.5, 0.6) is 0 Å². The average molecular weight is 264 g/mol. The van der Waals surface area contributed by atoms with Crippen molar-refractivity contribution in [3.8, 4) is 0 Å². The van der Waals surface area contributed by atoms with E-state index >= 15 is 0 Å². The molecule has 2 aromatic rings. The largest absolute Gasteiger partial charge is 0.369 e. The van der Waals surface area contributed by atoms with Crippen LogP contribution in [-0.4, -0.2) is 41.0 Å². The third-order valence-corrected chi connectivity index (χ3v) is 3.92. The molecule has 0 spiro atoms. The zero-order valence-electron chi connectivity index (χ0n) is 11.0. The van der Waals surface area contributed by atoms with Crippen LogP contribution in [0.15, 0.2) is 17.8 Å². The normalized spacial score (nSPS) is 11.3. The lowest BCUT2D eigenvalue weighted by molar-refractivity contribution is 0.303. The van der Waals surface area contributed by atoms with E-state index in [-0.39, 0.29) is 0 Å². The van der Waals surface area contributed by atoms with Gasteiger partial charge in [-0.3, -0.25) is 0 Å². The monoisotopic (exact) mass is 264 g/mol. The van der Waals surface area contributed by atoms with Crippen molar-refractivity contribution in [3.05, 3.63) is 17.8 Å². The third-order valence-electron chi connectivity index (χ3n) is 3.10. The van der Waals surface area contributed by atoms with Crippen LogP contribution in [0, 0.1) is 0 Å². The summed E-state index contributed by atoms with van der Waals surface area (Å²) in [5.74, 6) is 0.959. The SMILES string of the molecule is CCN(CC)CCCNc1ncnc2sccc12. The van der Waals surface area contributed by atoms with Crippen molar-refractivity contribution in [3.63, 3.8) is 0 Å². The molecule has 4 nitrogen and oxygen atoms in total. The van der Waals surface area contributed by atoms with Gasteiger partial charge < -0.3 is 10.2 Å². The Morgan fingerprint density at radius 1 is 1.28 bits per heavy atom. The highest BCUT2D eigenvalue weighted by atomic mass is 32.1. The molecule has 0 amide bonds. The number of fused-ring (bicyclic) bond motifs is 1. The number of anilines is 1. The summed E-state index contributed by atoms with van der Waals surface area (Å²) in [7, 11) is 0. The van der Waals surface area contributed by atoms with E-state index in [2.05, 4.69) is 45.5 Å². The molecule has 2 aromatic heterocycles.